The highest BCUT2D eigenvalue weighted by Gasteiger charge is 2.53. The summed E-state index contributed by atoms with van der Waals surface area (Å²) in [5.74, 6) is 0.249. The number of likely N-dealkylation sites (N-methyl/N-ethyl adjacent to an activating group) is 1. The van der Waals surface area contributed by atoms with Gasteiger partial charge in [-0.3, -0.25) is 9.69 Å². The molecule has 1 spiro atoms. The third-order valence-electron chi connectivity index (χ3n) is 6.12. The quantitative estimate of drug-likeness (QED) is 0.704. The fourth-order valence-corrected chi connectivity index (χ4v) is 4.81. The largest absolute Gasteiger partial charge is 0.314 e. The van der Waals surface area contributed by atoms with Gasteiger partial charge in [-0.25, -0.2) is 0 Å². The van der Waals surface area contributed by atoms with Crippen LogP contribution in [0.2, 0.25) is 0 Å². The predicted molar refractivity (Wildman–Crippen MR) is 105 cm³/mol. The van der Waals surface area contributed by atoms with Crippen molar-refractivity contribution in [1.82, 2.24) is 4.90 Å². The summed E-state index contributed by atoms with van der Waals surface area (Å²) in [5.41, 5.74) is 3.25. The van der Waals surface area contributed by atoms with Crippen molar-refractivity contribution in [2.75, 3.05) is 25.0 Å². The number of nitrogens with zero attached hydrogens (tertiary/aromatic N) is 2. The molecular formula is C23H22N2O. The lowest BCUT2D eigenvalue weighted by molar-refractivity contribution is -0.122. The summed E-state index contributed by atoms with van der Waals surface area (Å²) in [5, 5.41) is 2.59. The van der Waals surface area contributed by atoms with Gasteiger partial charge in [-0.05, 0) is 40.9 Å². The van der Waals surface area contributed by atoms with Crippen molar-refractivity contribution >= 4 is 22.4 Å². The fraction of sp³-hybridized carbons (Fsp3) is 0.261. The van der Waals surface area contributed by atoms with Crippen LogP contribution in [0.5, 0.6) is 0 Å². The normalized spacial score (nSPS) is 22.5. The summed E-state index contributed by atoms with van der Waals surface area (Å²) in [6.07, 6.45) is 0.901. The van der Waals surface area contributed by atoms with Gasteiger partial charge in [0.15, 0.2) is 0 Å². The number of amides is 1. The van der Waals surface area contributed by atoms with E-state index in [9.17, 15) is 4.79 Å². The second kappa shape index (κ2) is 5.68. The summed E-state index contributed by atoms with van der Waals surface area (Å²) < 4.78 is 0. The van der Waals surface area contributed by atoms with E-state index >= 15 is 0 Å². The minimum atomic E-state index is -0.365. The average Bonchev–Trinajstić information content (AvgIpc) is 3.19. The molecule has 0 bridgehead atoms. The second-order valence-corrected chi connectivity index (χ2v) is 7.56. The number of anilines is 1. The van der Waals surface area contributed by atoms with Crippen LogP contribution in [0.4, 0.5) is 5.69 Å². The highest BCUT2D eigenvalue weighted by molar-refractivity contribution is 6.08. The van der Waals surface area contributed by atoms with Crippen LogP contribution >= 0.6 is 0 Å². The lowest BCUT2D eigenvalue weighted by atomic mass is 9.81. The summed E-state index contributed by atoms with van der Waals surface area (Å²) in [6.45, 7) is 2.65. The molecule has 26 heavy (non-hydrogen) atoms. The Hall–Kier alpha value is -2.65. The molecule has 0 aromatic heterocycles. The maximum atomic E-state index is 13.1. The van der Waals surface area contributed by atoms with E-state index in [1.165, 1.54) is 21.9 Å². The van der Waals surface area contributed by atoms with Gasteiger partial charge in [0, 0.05) is 25.8 Å². The number of para-hydroxylation sites is 1. The molecule has 1 unspecified atom stereocenters. The molecule has 2 aliphatic heterocycles. The molecule has 0 radical (unpaired) electrons. The Morgan fingerprint density at radius 2 is 1.73 bits per heavy atom. The number of rotatable bonds is 2. The van der Waals surface area contributed by atoms with E-state index in [4.69, 9.17) is 0 Å². The number of benzene rings is 3. The van der Waals surface area contributed by atoms with Crippen LogP contribution in [0.3, 0.4) is 0 Å². The van der Waals surface area contributed by atoms with E-state index < -0.39 is 0 Å². The molecule has 3 aromatic carbocycles. The lowest BCUT2D eigenvalue weighted by Crippen LogP contribution is -2.40. The first kappa shape index (κ1) is 15.6. The summed E-state index contributed by atoms with van der Waals surface area (Å²) in [4.78, 5) is 17.4. The third kappa shape index (κ3) is 2.14. The molecule has 5 rings (SSSR count). The molecule has 1 fully saturated rings. The van der Waals surface area contributed by atoms with Crippen molar-refractivity contribution in [3.05, 3.63) is 77.9 Å². The maximum absolute atomic E-state index is 13.1. The van der Waals surface area contributed by atoms with Crippen LogP contribution in [0.1, 0.15) is 17.5 Å². The zero-order chi connectivity index (χ0) is 17.7. The Labute approximate surface area is 153 Å². The first-order chi connectivity index (χ1) is 12.7. The number of hydrogen-bond donors (Lipinski definition) is 0. The van der Waals surface area contributed by atoms with Gasteiger partial charge in [-0.1, -0.05) is 60.7 Å². The van der Waals surface area contributed by atoms with Gasteiger partial charge in [0.1, 0.15) is 0 Å². The van der Waals surface area contributed by atoms with Gasteiger partial charge in [0.25, 0.3) is 0 Å². The van der Waals surface area contributed by atoms with Crippen molar-refractivity contribution in [1.29, 1.82) is 0 Å². The molecule has 130 valence electrons. The first-order valence-electron chi connectivity index (χ1n) is 9.26. The van der Waals surface area contributed by atoms with Crippen LogP contribution in [-0.4, -0.2) is 30.9 Å². The number of carbonyl (C=O) groups is 1. The number of fused-ring (bicyclic) bond motifs is 3. The zero-order valence-electron chi connectivity index (χ0n) is 15.0. The van der Waals surface area contributed by atoms with Crippen LogP contribution < -0.4 is 4.90 Å². The van der Waals surface area contributed by atoms with E-state index in [0.717, 1.165) is 31.7 Å². The summed E-state index contributed by atoms with van der Waals surface area (Å²) >= 11 is 0. The van der Waals surface area contributed by atoms with Gasteiger partial charge >= 0.3 is 0 Å². The molecule has 0 N–H and O–H groups in total. The van der Waals surface area contributed by atoms with Crippen molar-refractivity contribution < 1.29 is 4.79 Å². The van der Waals surface area contributed by atoms with Gasteiger partial charge in [0.2, 0.25) is 5.91 Å². The molecule has 0 aliphatic carbocycles. The highest BCUT2D eigenvalue weighted by Crippen LogP contribution is 2.46. The Balaban J connectivity index is 1.47. The highest BCUT2D eigenvalue weighted by atomic mass is 16.2. The Morgan fingerprint density at radius 1 is 0.962 bits per heavy atom. The standard InChI is InChI=1S/C23H22N2O/c1-24-21-12-5-4-11-20(21)23(22(24)26)13-14-25(16-23)15-18-9-6-8-17-7-2-3-10-19(17)18/h2-12H,13-16H2,1H3. The Morgan fingerprint density at radius 3 is 2.65 bits per heavy atom. The van der Waals surface area contributed by atoms with Gasteiger partial charge in [-0.15, -0.1) is 0 Å². The minimum Gasteiger partial charge on any atom is -0.314 e. The molecule has 1 atom stereocenters. The SMILES string of the molecule is CN1C(=O)C2(CCN(Cc3cccc4ccccc34)C2)c2ccccc21. The van der Waals surface area contributed by atoms with E-state index in [2.05, 4.69) is 65.6 Å². The van der Waals surface area contributed by atoms with Crippen LogP contribution in [0.15, 0.2) is 66.7 Å². The Bertz CT molecular complexity index is 1010. The second-order valence-electron chi connectivity index (χ2n) is 7.56. The minimum absolute atomic E-state index is 0.249. The zero-order valence-corrected chi connectivity index (χ0v) is 15.0. The molecule has 1 saturated heterocycles. The average molecular weight is 342 g/mol. The molecular weight excluding hydrogens is 320 g/mol. The number of hydrogen-bond acceptors (Lipinski definition) is 2. The summed E-state index contributed by atoms with van der Waals surface area (Å²) in [6, 6.07) is 23.3. The van der Waals surface area contributed by atoms with E-state index in [1.807, 2.05) is 18.0 Å². The van der Waals surface area contributed by atoms with Gasteiger partial charge in [-0.2, -0.15) is 0 Å². The smallest absolute Gasteiger partial charge is 0.238 e. The topological polar surface area (TPSA) is 23.6 Å². The van der Waals surface area contributed by atoms with Crippen molar-refractivity contribution in [2.45, 2.75) is 18.4 Å². The number of likely N-dealkylation sites (tertiary alicyclic amines) is 1. The maximum Gasteiger partial charge on any atom is 0.238 e. The first-order valence-corrected chi connectivity index (χ1v) is 9.26. The lowest BCUT2D eigenvalue weighted by Gasteiger charge is -2.24. The van der Waals surface area contributed by atoms with Gasteiger partial charge < -0.3 is 4.90 Å². The predicted octanol–water partition coefficient (Wildman–Crippen LogP) is 3.96. The van der Waals surface area contributed by atoms with E-state index in [0.29, 0.717) is 0 Å². The monoisotopic (exact) mass is 342 g/mol. The molecule has 3 nitrogen and oxygen atoms in total. The van der Waals surface area contributed by atoms with Crippen LogP contribution in [0.25, 0.3) is 10.8 Å². The fourth-order valence-electron chi connectivity index (χ4n) is 4.81. The Kier molecular flexibility index (Phi) is 3.41. The molecule has 3 aromatic rings. The molecule has 3 heteroatoms. The van der Waals surface area contributed by atoms with Crippen LogP contribution in [0, 0.1) is 0 Å². The molecule has 0 saturated carbocycles. The van der Waals surface area contributed by atoms with Crippen molar-refractivity contribution in [3.8, 4) is 0 Å². The summed E-state index contributed by atoms with van der Waals surface area (Å²) in [7, 11) is 1.91. The third-order valence-corrected chi connectivity index (χ3v) is 6.12. The number of carbonyl (C=O) groups excluding carboxylic acids is 1. The molecule has 1 amide bonds. The van der Waals surface area contributed by atoms with E-state index in [1.54, 1.807) is 0 Å². The van der Waals surface area contributed by atoms with Crippen molar-refractivity contribution in [3.63, 3.8) is 0 Å². The molecule has 2 heterocycles. The van der Waals surface area contributed by atoms with Crippen LogP contribution in [-0.2, 0) is 16.8 Å². The van der Waals surface area contributed by atoms with Gasteiger partial charge in [0.05, 0.1) is 5.41 Å². The van der Waals surface area contributed by atoms with E-state index in [-0.39, 0.29) is 11.3 Å². The van der Waals surface area contributed by atoms with Crippen molar-refractivity contribution in [2.24, 2.45) is 0 Å². The molecule has 2 aliphatic rings.